The van der Waals surface area contributed by atoms with E-state index in [1.165, 1.54) is 18.4 Å². The summed E-state index contributed by atoms with van der Waals surface area (Å²) in [7, 11) is 1.59. The van der Waals surface area contributed by atoms with Gasteiger partial charge in [-0.3, -0.25) is 9.78 Å². The lowest BCUT2D eigenvalue weighted by molar-refractivity contribution is -0.174. The topological polar surface area (TPSA) is 48.4 Å². The summed E-state index contributed by atoms with van der Waals surface area (Å²) in [4.78, 5) is 17.1. The second-order valence-electron chi connectivity index (χ2n) is 7.56. The molecular formula is C20H31NO3. The lowest BCUT2D eigenvalue weighted by Gasteiger charge is -2.37. The molecule has 1 aliphatic carbocycles. The van der Waals surface area contributed by atoms with Crippen LogP contribution in [0.2, 0.25) is 0 Å². The summed E-state index contributed by atoms with van der Waals surface area (Å²) >= 11 is 0. The van der Waals surface area contributed by atoms with Crippen molar-refractivity contribution in [2.75, 3.05) is 13.9 Å². The molecule has 24 heavy (non-hydrogen) atoms. The molecule has 4 nitrogen and oxygen atoms in total. The third-order valence-corrected chi connectivity index (χ3v) is 4.98. The zero-order valence-corrected chi connectivity index (χ0v) is 15.7. The van der Waals surface area contributed by atoms with Crippen molar-refractivity contribution in [2.24, 2.45) is 11.8 Å². The van der Waals surface area contributed by atoms with Gasteiger partial charge in [-0.05, 0) is 61.6 Å². The third kappa shape index (κ3) is 4.64. The molecule has 0 bridgehead atoms. The number of carbonyl (C=O) groups excluding carboxylic acids is 1. The minimum atomic E-state index is -0.880. The molecule has 0 aliphatic heterocycles. The first-order valence-corrected chi connectivity index (χ1v) is 8.97. The van der Waals surface area contributed by atoms with Crippen LogP contribution in [0, 0.1) is 11.8 Å². The molecule has 2 atom stereocenters. The SMILES string of the molecule is COCOC(Cc1cc(C2CC2)ccn1)(C(C)=O)C(C)CC(C)C. The van der Waals surface area contributed by atoms with Gasteiger partial charge in [0.25, 0.3) is 0 Å². The first kappa shape index (κ1) is 19.1. The predicted octanol–water partition coefficient (Wildman–Crippen LogP) is 4.13. The highest BCUT2D eigenvalue weighted by Gasteiger charge is 2.43. The molecule has 1 heterocycles. The van der Waals surface area contributed by atoms with Crippen molar-refractivity contribution in [1.82, 2.24) is 4.98 Å². The number of ether oxygens (including phenoxy) is 2. The summed E-state index contributed by atoms with van der Waals surface area (Å²) in [5.74, 6) is 1.31. The molecule has 1 aromatic heterocycles. The highest BCUT2D eigenvalue weighted by Crippen LogP contribution is 2.40. The maximum Gasteiger partial charge on any atom is 0.162 e. The van der Waals surface area contributed by atoms with Gasteiger partial charge in [-0.25, -0.2) is 0 Å². The summed E-state index contributed by atoms with van der Waals surface area (Å²) in [5.41, 5.74) is 1.39. The lowest BCUT2D eigenvalue weighted by atomic mass is 9.77. The third-order valence-electron chi connectivity index (χ3n) is 4.98. The zero-order chi connectivity index (χ0) is 17.7. The highest BCUT2D eigenvalue weighted by atomic mass is 16.7. The number of hydrogen-bond donors (Lipinski definition) is 0. The number of Topliss-reactive ketones (excluding diaryl/α,β-unsaturated/α-hetero) is 1. The number of ketones is 1. The van der Waals surface area contributed by atoms with E-state index >= 15 is 0 Å². The summed E-state index contributed by atoms with van der Waals surface area (Å²) in [6.45, 7) is 8.18. The van der Waals surface area contributed by atoms with Crippen LogP contribution in [0.1, 0.15) is 64.1 Å². The van der Waals surface area contributed by atoms with Gasteiger partial charge in [0.15, 0.2) is 5.78 Å². The lowest BCUT2D eigenvalue weighted by Crippen LogP contribution is -2.49. The number of hydrogen-bond acceptors (Lipinski definition) is 4. The van der Waals surface area contributed by atoms with E-state index in [1.807, 2.05) is 6.20 Å². The van der Waals surface area contributed by atoms with Crippen molar-refractivity contribution in [3.8, 4) is 0 Å². The van der Waals surface area contributed by atoms with Gasteiger partial charge in [0.2, 0.25) is 0 Å². The Labute approximate surface area is 146 Å². The Kier molecular flexibility index (Phi) is 6.53. The number of methoxy groups -OCH3 is 1. The van der Waals surface area contributed by atoms with Crippen molar-refractivity contribution >= 4 is 5.78 Å². The van der Waals surface area contributed by atoms with Crippen LogP contribution >= 0.6 is 0 Å². The van der Waals surface area contributed by atoms with Gasteiger partial charge in [-0.2, -0.15) is 0 Å². The molecule has 1 aliphatic rings. The molecule has 1 fully saturated rings. The largest absolute Gasteiger partial charge is 0.359 e. The van der Waals surface area contributed by atoms with E-state index in [0.717, 1.165) is 12.1 Å². The first-order valence-electron chi connectivity index (χ1n) is 8.97. The Morgan fingerprint density at radius 1 is 1.38 bits per heavy atom. The summed E-state index contributed by atoms with van der Waals surface area (Å²) in [6.07, 6.45) is 5.79. The fourth-order valence-corrected chi connectivity index (χ4v) is 3.54. The first-order chi connectivity index (χ1) is 11.4. The van der Waals surface area contributed by atoms with Crippen LogP contribution in [0.15, 0.2) is 18.3 Å². The van der Waals surface area contributed by atoms with Gasteiger partial charge < -0.3 is 9.47 Å². The van der Waals surface area contributed by atoms with Crippen molar-refractivity contribution in [3.05, 3.63) is 29.6 Å². The van der Waals surface area contributed by atoms with Crippen LogP contribution in [0.5, 0.6) is 0 Å². The predicted molar refractivity (Wildman–Crippen MR) is 94.9 cm³/mol. The van der Waals surface area contributed by atoms with Gasteiger partial charge >= 0.3 is 0 Å². The molecule has 1 saturated carbocycles. The Bertz CT molecular complexity index is 554. The van der Waals surface area contributed by atoms with E-state index in [1.54, 1.807) is 14.0 Å². The normalized spacial score (nSPS) is 18.4. The average Bonchev–Trinajstić information content (AvgIpc) is 3.35. The molecule has 0 radical (unpaired) electrons. The Hall–Kier alpha value is -1.26. The fourth-order valence-electron chi connectivity index (χ4n) is 3.54. The molecule has 134 valence electrons. The van der Waals surface area contributed by atoms with E-state index in [2.05, 4.69) is 37.9 Å². The minimum Gasteiger partial charge on any atom is -0.359 e. The maximum atomic E-state index is 12.6. The Morgan fingerprint density at radius 3 is 2.62 bits per heavy atom. The van der Waals surface area contributed by atoms with E-state index in [0.29, 0.717) is 18.3 Å². The quantitative estimate of drug-likeness (QED) is 0.604. The zero-order valence-electron chi connectivity index (χ0n) is 15.7. The van der Waals surface area contributed by atoms with Crippen molar-refractivity contribution in [3.63, 3.8) is 0 Å². The summed E-state index contributed by atoms with van der Waals surface area (Å²) in [5, 5.41) is 0. The molecule has 2 unspecified atom stereocenters. The fraction of sp³-hybridized carbons (Fsp3) is 0.700. The van der Waals surface area contributed by atoms with Crippen LogP contribution in [0.3, 0.4) is 0 Å². The second-order valence-corrected chi connectivity index (χ2v) is 7.56. The van der Waals surface area contributed by atoms with Crippen LogP contribution in [-0.4, -0.2) is 30.3 Å². The number of aromatic nitrogens is 1. The second kappa shape index (κ2) is 8.21. The van der Waals surface area contributed by atoms with E-state index in [4.69, 9.17) is 9.47 Å². The van der Waals surface area contributed by atoms with Gasteiger partial charge in [0.05, 0.1) is 0 Å². The maximum absolute atomic E-state index is 12.6. The monoisotopic (exact) mass is 333 g/mol. The number of carbonyl (C=O) groups is 1. The Morgan fingerprint density at radius 2 is 2.08 bits per heavy atom. The van der Waals surface area contributed by atoms with Crippen molar-refractivity contribution < 1.29 is 14.3 Å². The smallest absolute Gasteiger partial charge is 0.162 e. The van der Waals surface area contributed by atoms with E-state index < -0.39 is 5.60 Å². The summed E-state index contributed by atoms with van der Waals surface area (Å²) in [6, 6.07) is 4.23. The standard InChI is InChI=1S/C20H31NO3/c1-14(2)10-15(3)20(16(4)22,24-13-23-5)12-19-11-18(8-9-21-19)17-6-7-17/h8-9,11,14-15,17H,6-7,10,12-13H2,1-5H3. The van der Waals surface area contributed by atoms with Crippen LogP contribution in [-0.2, 0) is 20.7 Å². The van der Waals surface area contributed by atoms with Crippen LogP contribution < -0.4 is 0 Å². The van der Waals surface area contributed by atoms with Gasteiger partial charge in [-0.1, -0.05) is 20.8 Å². The van der Waals surface area contributed by atoms with E-state index in [9.17, 15) is 4.79 Å². The van der Waals surface area contributed by atoms with Crippen molar-refractivity contribution in [2.45, 2.75) is 64.9 Å². The molecule has 0 spiro atoms. The Balaban J connectivity index is 2.28. The number of pyridine rings is 1. The molecule has 0 aromatic carbocycles. The average molecular weight is 333 g/mol. The minimum absolute atomic E-state index is 0.0475. The van der Waals surface area contributed by atoms with E-state index in [-0.39, 0.29) is 18.5 Å². The highest BCUT2D eigenvalue weighted by molar-refractivity contribution is 5.85. The molecule has 0 amide bonds. The molecule has 0 N–H and O–H groups in total. The molecule has 4 heteroatoms. The van der Waals surface area contributed by atoms with Gasteiger partial charge in [-0.15, -0.1) is 0 Å². The van der Waals surface area contributed by atoms with Crippen molar-refractivity contribution in [1.29, 1.82) is 0 Å². The molecule has 0 saturated heterocycles. The summed E-state index contributed by atoms with van der Waals surface area (Å²) < 4.78 is 11.1. The van der Waals surface area contributed by atoms with Gasteiger partial charge in [0.1, 0.15) is 12.4 Å². The molecule has 2 rings (SSSR count). The number of rotatable bonds is 10. The molecule has 1 aromatic rings. The van der Waals surface area contributed by atoms with Crippen LogP contribution in [0.4, 0.5) is 0 Å². The van der Waals surface area contributed by atoms with Crippen LogP contribution in [0.25, 0.3) is 0 Å². The van der Waals surface area contributed by atoms with Gasteiger partial charge in [0, 0.05) is 25.4 Å². The molecular weight excluding hydrogens is 302 g/mol. The number of nitrogens with zero attached hydrogens (tertiary/aromatic N) is 1.